The van der Waals surface area contributed by atoms with Gasteiger partial charge < -0.3 is 15.2 Å². The van der Waals surface area contributed by atoms with Crippen molar-refractivity contribution < 1.29 is 9.84 Å². The van der Waals surface area contributed by atoms with Gasteiger partial charge >= 0.3 is 0 Å². The van der Waals surface area contributed by atoms with Crippen LogP contribution in [0.2, 0.25) is 5.02 Å². The number of phenolic OH excluding ortho intramolecular Hbond substituents is 1. The Labute approximate surface area is 110 Å². The number of anilines is 1. The normalized spacial score (nSPS) is 10.1. The number of nitrogens with one attached hydrogen (secondary N) is 1. The lowest BCUT2D eigenvalue weighted by Crippen LogP contribution is -2.00. The number of aromatic hydroxyl groups is 1. The van der Waals surface area contributed by atoms with Crippen molar-refractivity contribution in [1.29, 1.82) is 0 Å². The van der Waals surface area contributed by atoms with E-state index in [1.807, 2.05) is 12.1 Å². The van der Waals surface area contributed by atoms with Crippen LogP contribution in [-0.2, 0) is 6.54 Å². The first-order valence-electron chi connectivity index (χ1n) is 5.40. The highest BCUT2D eigenvalue weighted by molar-refractivity contribution is 6.30. The molecule has 18 heavy (non-hydrogen) atoms. The highest BCUT2D eigenvalue weighted by Gasteiger charge is 2.09. The lowest BCUT2D eigenvalue weighted by Gasteiger charge is -2.11. The van der Waals surface area contributed by atoms with E-state index in [2.05, 4.69) is 10.3 Å². The van der Waals surface area contributed by atoms with Gasteiger partial charge in [0.05, 0.1) is 12.8 Å². The summed E-state index contributed by atoms with van der Waals surface area (Å²) in [6.45, 7) is 0.439. The van der Waals surface area contributed by atoms with Gasteiger partial charge in [0.25, 0.3) is 0 Å². The standard InChI is InChI=1S/C13H13ClN2O2/c1-18-12-6-10(14)5-9(13(12)17)7-16-11-3-2-4-15-8-11/h2-6,8,16-17H,7H2,1H3. The summed E-state index contributed by atoms with van der Waals surface area (Å²) in [6.07, 6.45) is 3.41. The molecule has 0 aliphatic carbocycles. The fraction of sp³-hybridized carbons (Fsp3) is 0.154. The van der Waals surface area contributed by atoms with Gasteiger partial charge in [0.1, 0.15) is 0 Å². The Hall–Kier alpha value is -1.94. The van der Waals surface area contributed by atoms with Gasteiger partial charge in [-0.05, 0) is 18.2 Å². The molecule has 0 aliphatic heterocycles. The van der Waals surface area contributed by atoms with Crippen molar-refractivity contribution in [2.45, 2.75) is 6.54 Å². The minimum atomic E-state index is 0.0956. The molecule has 94 valence electrons. The van der Waals surface area contributed by atoms with Crippen LogP contribution in [0.3, 0.4) is 0 Å². The van der Waals surface area contributed by atoms with Crippen LogP contribution in [0.25, 0.3) is 0 Å². The molecular formula is C13H13ClN2O2. The molecule has 0 atom stereocenters. The van der Waals surface area contributed by atoms with Crippen molar-refractivity contribution in [1.82, 2.24) is 4.98 Å². The molecular weight excluding hydrogens is 252 g/mol. The minimum Gasteiger partial charge on any atom is -0.504 e. The predicted molar refractivity (Wildman–Crippen MR) is 71.2 cm³/mol. The van der Waals surface area contributed by atoms with E-state index < -0.39 is 0 Å². The molecule has 2 N–H and O–H groups in total. The van der Waals surface area contributed by atoms with Gasteiger partial charge in [0.2, 0.25) is 0 Å². The monoisotopic (exact) mass is 264 g/mol. The highest BCUT2D eigenvalue weighted by atomic mass is 35.5. The Morgan fingerprint density at radius 3 is 2.94 bits per heavy atom. The average Bonchev–Trinajstić information content (AvgIpc) is 2.40. The summed E-state index contributed by atoms with van der Waals surface area (Å²) >= 11 is 5.95. The third-order valence-corrected chi connectivity index (χ3v) is 2.70. The predicted octanol–water partition coefficient (Wildman–Crippen LogP) is 3.06. The number of hydrogen-bond donors (Lipinski definition) is 2. The number of phenols is 1. The number of nitrogens with zero attached hydrogens (tertiary/aromatic N) is 1. The van der Waals surface area contributed by atoms with Crippen LogP contribution in [0, 0.1) is 0 Å². The van der Waals surface area contributed by atoms with Crippen LogP contribution >= 0.6 is 11.6 Å². The number of rotatable bonds is 4. The number of aromatic nitrogens is 1. The van der Waals surface area contributed by atoms with E-state index >= 15 is 0 Å². The second kappa shape index (κ2) is 5.60. The van der Waals surface area contributed by atoms with Crippen molar-refractivity contribution in [2.24, 2.45) is 0 Å². The van der Waals surface area contributed by atoms with Gasteiger partial charge in [-0.25, -0.2) is 0 Å². The van der Waals surface area contributed by atoms with E-state index in [9.17, 15) is 5.11 Å². The molecule has 0 unspecified atom stereocenters. The Bertz CT molecular complexity index is 532. The fourth-order valence-electron chi connectivity index (χ4n) is 1.58. The number of benzene rings is 1. The third kappa shape index (κ3) is 2.84. The second-order valence-corrected chi connectivity index (χ2v) is 4.15. The molecule has 1 aromatic carbocycles. The summed E-state index contributed by atoms with van der Waals surface area (Å²) in [5.74, 6) is 0.462. The molecule has 5 heteroatoms. The van der Waals surface area contributed by atoms with Crippen molar-refractivity contribution in [2.75, 3.05) is 12.4 Å². The molecule has 2 rings (SSSR count). The second-order valence-electron chi connectivity index (χ2n) is 3.71. The van der Waals surface area contributed by atoms with E-state index in [0.717, 1.165) is 5.69 Å². The maximum Gasteiger partial charge on any atom is 0.162 e. The minimum absolute atomic E-state index is 0.0956. The van der Waals surface area contributed by atoms with Gasteiger partial charge in [0.15, 0.2) is 11.5 Å². The van der Waals surface area contributed by atoms with E-state index in [1.165, 1.54) is 7.11 Å². The van der Waals surface area contributed by atoms with Gasteiger partial charge in [-0.2, -0.15) is 0 Å². The van der Waals surface area contributed by atoms with Crippen LogP contribution in [0.4, 0.5) is 5.69 Å². The zero-order valence-corrected chi connectivity index (χ0v) is 10.6. The molecule has 4 nitrogen and oxygen atoms in total. The molecule has 0 bridgehead atoms. The number of ether oxygens (including phenoxy) is 1. The molecule has 0 aliphatic rings. The van der Waals surface area contributed by atoms with Gasteiger partial charge in [-0.15, -0.1) is 0 Å². The van der Waals surface area contributed by atoms with Crippen molar-refractivity contribution in [3.05, 3.63) is 47.2 Å². The van der Waals surface area contributed by atoms with E-state index in [4.69, 9.17) is 16.3 Å². The molecule has 2 aromatic rings. The first-order chi connectivity index (χ1) is 8.70. The summed E-state index contributed by atoms with van der Waals surface area (Å²) in [5.41, 5.74) is 1.54. The van der Waals surface area contributed by atoms with Crippen LogP contribution in [0.5, 0.6) is 11.5 Å². The summed E-state index contributed by atoms with van der Waals surface area (Å²) in [7, 11) is 1.49. The van der Waals surface area contributed by atoms with E-state index in [1.54, 1.807) is 24.5 Å². The molecule has 0 amide bonds. The summed E-state index contributed by atoms with van der Waals surface area (Å²) in [5, 5.41) is 13.6. The Morgan fingerprint density at radius 2 is 2.28 bits per heavy atom. The first-order valence-corrected chi connectivity index (χ1v) is 5.78. The summed E-state index contributed by atoms with van der Waals surface area (Å²) in [6, 6.07) is 7.00. The molecule has 0 fully saturated rings. The topological polar surface area (TPSA) is 54.4 Å². The summed E-state index contributed by atoms with van der Waals surface area (Å²) < 4.78 is 5.04. The van der Waals surface area contributed by atoms with Crippen LogP contribution in [0.1, 0.15) is 5.56 Å². The molecule has 0 saturated heterocycles. The lowest BCUT2D eigenvalue weighted by atomic mass is 10.2. The maximum absolute atomic E-state index is 9.95. The van der Waals surface area contributed by atoms with E-state index in [-0.39, 0.29) is 5.75 Å². The quantitative estimate of drug-likeness (QED) is 0.891. The van der Waals surface area contributed by atoms with Crippen molar-refractivity contribution in [3.8, 4) is 11.5 Å². The number of pyridine rings is 1. The lowest BCUT2D eigenvalue weighted by molar-refractivity contribution is 0.371. The molecule has 0 saturated carbocycles. The first kappa shape index (κ1) is 12.5. The van der Waals surface area contributed by atoms with Crippen LogP contribution in [-0.4, -0.2) is 17.2 Å². The fourth-order valence-corrected chi connectivity index (χ4v) is 1.81. The van der Waals surface area contributed by atoms with Crippen LogP contribution < -0.4 is 10.1 Å². The third-order valence-electron chi connectivity index (χ3n) is 2.48. The maximum atomic E-state index is 9.95. The molecule has 0 spiro atoms. The number of halogens is 1. The zero-order chi connectivity index (χ0) is 13.0. The highest BCUT2D eigenvalue weighted by Crippen LogP contribution is 2.33. The average molecular weight is 265 g/mol. The smallest absolute Gasteiger partial charge is 0.162 e. The van der Waals surface area contributed by atoms with E-state index in [0.29, 0.717) is 22.9 Å². The Kier molecular flexibility index (Phi) is 3.89. The van der Waals surface area contributed by atoms with Crippen LogP contribution in [0.15, 0.2) is 36.7 Å². The molecule has 0 radical (unpaired) electrons. The zero-order valence-electron chi connectivity index (χ0n) is 9.85. The van der Waals surface area contributed by atoms with Gasteiger partial charge in [-0.3, -0.25) is 4.98 Å². The Balaban J connectivity index is 2.17. The van der Waals surface area contributed by atoms with Crippen molar-refractivity contribution in [3.63, 3.8) is 0 Å². The van der Waals surface area contributed by atoms with Gasteiger partial charge in [-0.1, -0.05) is 11.6 Å². The summed E-state index contributed by atoms with van der Waals surface area (Å²) in [4.78, 5) is 3.99. The largest absolute Gasteiger partial charge is 0.504 e. The Morgan fingerprint density at radius 1 is 1.44 bits per heavy atom. The number of methoxy groups -OCH3 is 1. The van der Waals surface area contributed by atoms with Gasteiger partial charge in [0, 0.05) is 35.6 Å². The van der Waals surface area contributed by atoms with Crippen molar-refractivity contribution >= 4 is 17.3 Å². The molecule has 1 heterocycles. The SMILES string of the molecule is COc1cc(Cl)cc(CNc2cccnc2)c1O. The number of hydrogen-bond acceptors (Lipinski definition) is 4. The molecule has 1 aromatic heterocycles.